The lowest BCUT2D eigenvalue weighted by atomic mass is 9.98. The number of aromatic nitrogens is 5. The van der Waals surface area contributed by atoms with Crippen LogP contribution >= 0.6 is 46.4 Å². The second-order valence-electron chi connectivity index (χ2n) is 33.8. The quantitative estimate of drug-likeness (QED) is 0.0129. The molecule has 5 unspecified atom stereocenters. The molecule has 16 rings (SSSR count). The van der Waals surface area contributed by atoms with Gasteiger partial charge in [-0.25, -0.2) is 24.6 Å². The van der Waals surface area contributed by atoms with E-state index in [1.54, 1.807) is 85.2 Å². The predicted octanol–water partition coefficient (Wildman–Crippen LogP) is 23.5. The van der Waals surface area contributed by atoms with Crippen LogP contribution in [0.3, 0.4) is 0 Å². The van der Waals surface area contributed by atoms with Crippen molar-refractivity contribution in [3.63, 3.8) is 0 Å². The summed E-state index contributed by atoms with van der Waals surface area (Å²) in [6.07, 6.45) is 24.8. The first-order chi connectivity index (χ1) is 69.5. The molecule has 0 spiro atoms. The fourth-order valence-electron chi connectivity index (χ4n) is 15.9. The number of nitriles is 1. The van der Waals surface area contributed by atoms with Crippen LogP contribution in [0.4, 0.5) is 34.6 Å². The van der Waals surface area contributed by atoms with Crippen molar-refractivity contribution < 1.29 is 67.0 Å². The Bertz CT molecular complexity index is 5770. The summed E-state index contributed by atoms with van der Waals surface area (Å²) in [4.78, 5) is 105. The first-order valence-corrected chi connectivity index (χ1v) is 49.8. The van der Waals surface area contributed by atoms with E-state index in [4.69, 9.17) is 104 Å². The number of carbonyl (C=O) groups excluding carboxylic acids is 5. The monoisotopic (exact) mass is 2020 g/mol. The van der Waals surface area contributed by atoms with Crippen molar-refractivity contribution >= 4 is 117 Å². The number of anilines is 4. The van der Waals surface area contributed by atoms with Crippen LogP contribution in [0, 0.1) is 54.1 Å². The molecule has 5 fully saturated rings. The Morgan fingerprint density at radius 1 is 0.413 bits per heavy atom. The normalized spacial score (nSPS) is 16.0. The maximum atomic E-state index is 12.1. The van der Waals surface area contributed by atoms with Crippen molar-refractivity contribution in [2.45, 2.75) is 144 Å². The first-order valence-electron chi connectivity index (χ1n) is 48.3. The average Bonchev–Trinajstić information content (AvgIpc) is 0.846. The summed E-state index contributed by atoms with van der Waals surface area (Å²) in [6, 6.07) is 66.0. The minimum atomic E-state index is -0.712. The van der Waals surface area contributed by atoms with Crippen LogP contribution in [-0.4, -0.2) is 158 Å². The van der Waals surface area contributed by atoms with Crippen molar-refractivity contribution in [3.8, 4) is 40.6 Å². The van der Waals surface area contributed by atoms with Gasteiger partial charge in [0.1, 0.15) is 69.2 Å². The summed E-state index contributed by atoms with van der Waals surface area (Å²) >= 11 is 23.0. The highest BCUT2D eigenvalue weighted by Gasteiger charge is 2.32. The van der Waals surface area contributed by atoms with Crippen LogP contribution in [0.1, 0.15) is 150 Å². The number of aliphatic carboxylic acids is 1. The van der Waals surface area contributed by atoms with Gasteiger partial charge < -0.3 is 68.9 Å². The third-order valence-corrected chi connectivity index (χ3v) is 24.3. The third kappa shape index (κ3) is 40.6. The Morgan fingerprint density at radius 3 is 1.00 bits per heavy atom. The topological polar surface area (TPSA) is 335 Å². The highest BCUT2D eigenvalue weighted by molar-refractivity contribution is 6.31. The molecule has 5 atom stereocenters. The standard InChI is InChI=1S/C28H31ClN2O3.C26H27ClN2O3.C14H17N3O2.C14H21N3O2.C13H9ClO2.C8H15NO2.C6H3ClN2.C2H3N/c1-2-33-28(32)23-7-4-18-31(20-23)27-17-10-22(19-30-27)6-3-5-21-8-13-25(14-9-21)34-26-15-11-24(29)12-16-26;27-22-9-13-24(14-10-22)32-23-11-6-19(7-12-23)3-1-4-20-8-15-25(28-17-20)29-16-2-5-21(18-29)26(30)31;1-3-19-14(18)11-5-4-8-17(10-11)13-7-6-12(15-2)9-16-13;1-2-19-14(18)12-4-3-7-17(10-12)13-6-5-11(8-15)9-16-13;14-11-3-7-13(8-4-11)16-12-5-1-10(9-15)2-6-12;1-2-11-8(10)7-4-3-5-9-6-7;1-8-5-2-3-6(7)9-4-5;1-2-3/h8-17,19,23H,2-7,18,20H2,1H3;6-15,17,21H,1-5,16,18H2,(H,30,31);6-7,9,11H,3-5,8,10H2,1H3;5-6,9,12H,2-4,7-8,10,15H2,1H3;1-9H;7,9H,2-6H2,1H3;2-4H;1H3. The van der Waals surface area contributed by atoms with Crippen LogP contribution in [-0.2, 0) is 75.1 Å². The molecule has 0 amide bonds. The van der Waals surface area contributed by atoms with Crippen molar-refractivity contribution in [3.05, 3.63) is 314 Å². The van der Waals surface area contributed by atoms with Gasteiger partial charge >= 0.3 is 29.8 Å². The lowest BCUT2D eigenvalue weighted by Crippen LogP contribution is -2.39. The van der Waals surface area contributed by atoms with Gasteiger partial charge in [-0.1, -0.05) is 101 Å². The Hall–Kier alpha value is -13.8. The zero-order valence-electron chi connectivity index (χ0n) is 81.6. The van der Waals surface area contributed by atoms with Crippen LogP contribution in [0.15, 0.2) is 237 Å². The van der Waals surface area contributed by atoms with E-state index in [9.17, 15) is 33.9 Å². The molecule has 4 N–H and O–H groups in total. The van der Waals surface area contributed by atoms with Gasteiger partial charge in [0.25, 0.3) is 0 Å². The number of hydrogen-bond acceptors (Lipinski definition) is 25. The second-order valence-corrected chi connectivity index (χ2v) is 35.5. The summed E-state index contributed by atoms with van der Waals surface area (Å²) in [5.74, 6) is 6.67. The van der Waals surface area contributed by atoms with Gasteiger partial charge in [-0.3, -0.25) is 38.7 Å². The van der Waals surface area contributed by atoms with Crippen molar-refractivity contribution in [1.29, 1.82) is 5.26 Å². The summed E-state index contributed by atoms with van der Waals surface area (Å²) in [5, 5.41) is 22.2. The zero-order chi connectivity index (χ0) is 102. The summed E-state index contributed by atoms with van der Waals surface area (Å²) < 4.78 is 37.5. The minimum Gasteiger partial charge on any atom is -0.481 e. The molecule has 0 aliphatic carbocycles. The molecule has 32 heteroatoms. The number of nitrogens with two attached hydrogens (primary N) is 1. The number of benzene rings is 6. The molecule has 6 aromatic carbocycles. The number of hydrogen-bond donors (Lipinski definition) is 3. The Labute approximate surface area is 859 Å². The number of carboxylic acids is 1. The number of aryl methyl sites for hydroxylation is 4. The maximum Gasteiger partial charge on any atom is 0.310 e. The molecule has 5 aliphatic heterocycles. The molecule has 11 aromatic rings. The molecular weight excluding hydrogens is 1900 g/mol. The third-order valence-electron chi connectivity index (χ3n) is 23.3. The summed E-state index contributed by atoms with van der Waals surface area (Å²) in [7, 11) is 0. The number of carbonyl (C=O) groups is 6. The Morgan fingerprint density at radius 2 is 0.706 bits per heavy atom. The lowest BCUT2D eigenvalue weighted by molar-refractivity contribution is -0.149. The van der Waals surface area contributed by atoms with E-state index in [-0.39, 0.29) is 53.5 Å². The number of ether oxygens (including phenoxy) is 7. The van der Waals surface area contributed by atoms with Crippen molar-refractivity contribution in [2.24, 2.45) is 35.3 Å². The number of rotatable bonds is 29. The number of pyridine rings is 5. The van der Waals surface area contributed by atoms with Gasteiger partial charge in [-0.15, -0.1) is 0 Å². The molecule has 143 heavy (non-hydrogen) atoms. The SMILES string of the molecule is CC#N.CCOC(=O)C1CCCN(c2ccc(CCCc3ccc(Oc4ccc(Cl)cc4)cc3)cn2)C1.CCOC(=O)C1CCCN(c2ccc(CN)cn2)C1.CCOC(=O)C1CCCNC1.O=C(O)C1CCCN(c2ccc(CCCc3ccc(Oc4ccc(Cl)cc4)cc3)cn2)C1.O=Cc1ccc(Oc2ccc(Cl)cc2)cc1.[C-]#[N+]c1ccc(Cl)nc1.[C-]#[N+]c1ccc(N2CCCC(C(=O)OCC)C2)nc1. The van der Waals surface area contributed by atoms with Gasteiger partial charge in [0, 0.05) is 124 Å². The van der Waals surface area contributed by atoms with Crippen molar-refractivity contribution in [2.75, 3.05) is 111 Å². The zero-order valence-corrected chi connectivity index (χ0v) is 84.6. The van der Waals surface area contributed by atoms with E-state index in [0.29, 0.717) is 108 Å². The molecule has 10 heterocycles. The minimum absolute atomic E-state index is 0.0373. The fourth-order valence-corrected chi connectivity index (χ4v) is 16.4. The second kappa shape index (κ2) is 63.2. The molecule has 5 saturated heterocycles. The number of nitrogens with zero attached hydrogens (tertiary/aromatic N) is 12. The van der Waals surface area contributed by atoms with E-state index in [2.05, 4.69) is 102 Å². The first kappa shape index (κ1) is 113. The van der Waals surface area contributed by atoms with Gasteiger partial charge in [-0.2, -0.15) is 5.26 Å². The highest BCUT2D eigenvalue weighted by Crippen LogP contribution is 2.32. The average molecular weight is 2020 g/mol. The molecular formula is C111H126Cl4N14O14. The number of halogens is 4. The van der Waals surface area contributed by atoms with Gasteiger partial charge in [0.05, 0.1) is 75.2 Å². The van der Waals surface area contributed by atoms with E-state index in [0.717, 1.165) is 200 Å². The molecule has 5 aliphatic rings. The van der Waals surface area contributed by atoms with E-state index in [1.165, 1.54) is 35.4 Å². The van der Waals surface area contributed by atoms with E-state index in [1.807, 2.05) is 137 Å². The molecule has 752 valence electrons. The smallest absolute Gasteiger partial charge is 0.310 e. The van der Waals surface area contributed by atoms with E-state index < -0.39 is 5.97 Å². The Balaban J connectivity index is 0.000000193. The summed E-state index contributed by atoms with van der Waals surface area (Å²) in [5.41, 5.74) is 13.2. The summed E-state index contributed by atoms with van der Waals surface area (Å²) in [6.45, 7) is 32.5. The Kier molecular flexibility index (Phi) is 49.9. The molecule has 5 aromatic heterocycles. The predicted molar refractivity (Wildman–Crippen MR) is 561 cm³/mol. The molecule has 0 saturated carbocycles. The van der Waals surface area contributed by atoms with Crippen LogP contribution in [0.5, 0.6) is 34.5 Å². The van der Waals surface area contributed by atoms with Gasteiger partial charge in [0.15, 0.2) is 0 Å². The van der Waals surface area contributed by atoms with Crippen molar-refractivity contribution in [1.82, 2.24) is 30.2 Å². The number of carboxylic acid groups (broad SMARTS) is 1. The van der Waals surface area contributed by atoms with Gasteiger partial charge in [0.2, 0.25) is 11.4 Å². The molecule has 0 bridgehead atoms. The van der Waals surface area contributed by atoms with Crippen LogP contribution < -0.4 is 44.9 Å². The van der Waals surface area contributed by atoms with E-state index >= 15 is 0 Å². The maximum absolute atomic E-state index is 12.1. The molecule has 0 radical (unpaired) electrons. The highest BCUT2D eigenvalue weighted by atomic mass is 35.5. The van der Waals surface area contributed by atoms with Crippen LogP contribution in [0.2, 0.25) is 20.2 Å². The van der Waals surface area contributed by atoms with Gasteiger partial charge in [-0.05, 0) is 316 Å². The lowest BCUT2D eigenvalue weighted by Gasteiger charge is -2.32. The number of aldehydes is 1. The number of nitrogens with one attached hydrogen (secondary N) is 1. The number of piperidine rings is 5. The number of esters is 4. The fraction of sp³-hybridized carbons (Fsp3) is 0.369. The largest absolute Gasteiger partial charge is 0.481 e. The van der Waals surface area contributed by atoms with Crippen LogP contribution in [0.25, 0.3) is 9.69 Å². The molecule has 28 nitrogen and oxygen atoms in total.